The van der Waals surface area contributed by atoms with Crippen molar-refractivity contribution >= 4 is 11.9 Å². The first-order chi connectivity index (χ1) is 8.41. The third-order valence-electron chi connectivity index (χ3n) is 1.85. The highest BCUT2D eigenvalue weighted by Crippen LogP contribution is 2.12. The summed E-state index contributed by atoms with van der Waals surface area (Å²) < 4.78 is 5.22. The summed E-state index contributed by atoms with van der Waals surface area (Å²) in [6.45, 7) is 10.7. The highest BCUT2D eigenvalue weighted by molar-refractivity contribution is 5.77. The Morgan fingerprint density at radius 2 is 1.63 bits per heavy atom. The molecule has 0 radical (unpaired) electrons. The molecule has 0 spiro atoms. The molecule has 1 atom stereocenters. The fraction of sp³-hybridized carbons (Fsp3) is 0.846. The van der Waals surface area contributed by atoms with Gasteiger partial charge < -0.3 is 9.84 Å². The maximum Gasteiger partial charge on any atom is 0.326 e. The van der Waals surface area contributed by atoms with Crippen LogP contribution in [0.4, 0.5) is 0 Å². The van der Waals surface area contributed by atoms with E-state index in [9.17, 15) is 9.59 Å². The van der Waals surface area contributed by atoms with Gasteiger partial charge in [0.05, 0.1) is 5.60 Å². The summed E-state index contributed by atoms with van der Waals surface area (Å²) in [5.41, 5.74) is 1.49. The van der Waals surface area contributed by atoms with Gasteiger partial charge in [-0.05, 0) is 48.0 Å². The van der Waals surface area contributed by atoms with Gasteiger partial charge in [0, 0.05) is 6.42 Å². The highest BCUT2D eigenvalue weighted by Gasteiger charge is 2.27. The Kier molecular flexibility index (Phi) is 6.45. The van der Waals surface area contributed by atoms with Crippen molar-refractivity contribution in [1.82, 2.24) is 5.48 Å². The summed E-state index contributed by atoms with van der Waals surface area (Å²) in [5.74, 6) is -1.48. The second kappa shape index (κ2) is 6.86. The van der Waals surface area contributed by atoms with E-state index in [0.29, 0.717) is 0 Å². The van der Waals surface area contributed by atoms with Crippen LogP contribution < -0.4 is 5.48 Å². The van der Waals surface area contributed by atoms with Gasteiger partial charge in [0.15, 0.2) is 0 Å². The summed E-state index contributed by atoms with van der Waals surface area (Å²) in [7, 11) is 0. The maximum atomic E-state index is 11.9. The molecular formula is C13H25NO5. The van der Waals surface area contributed by atoms with Crippen LogP contribution in [0.15, 0.2) is 0 Å². The fourth-order valence-electron chi connectivity index (χ4n) is 1.11. The van der Waals surface area contributed by atoms with Gasteiger partial charge in [0.25, 0.3) is 0 Å². The van der Waals surface area contributed by atoms with Crippen LogP contribution in [-0.2, 0) is 19.2 Å². The number of carboxylic acids is 1. The van der Waals surface area contributed by atoms with Crippen LogP contribution in [0, 0.1) is 0 Å². The third kappa shape index (κ3) is 10.5. The minimum atomic E-state index is -0.967. The summed E-state index contributed by atoms with van der Waals surface area (Å²) in [6.07, 6.45) is -0.0231. The minimum Gasteiger partial charge on any atom is -0.481 e. The zero-order chi connectivity index (χ0) is 15.3. The molecule has 0 aliphatic carbocycles. The van der Waals surface area contributed by atoms with E-state index in [1.807, 2.05) is 20.8 Å². The van der Waals surface area contributed by atoms with Crippen LogP contribution in [0.2, 0.25) is 0 Å². The molecule has 6 nitrogen and oxygen atoms in total. The van der Waals surface area contributed by atoms with Crippen LogP contribution in [0.25, 0.3) is 0 Å². The number of carboxylic acid groups (broad SMARTS) is 1. The van der Waals surface area contributed by atoms with Gasteiger partial charge in [-0.3, -0.25) is 14.4 Å². The van der Waals surface area contributed by atoms with Crippen molar-refractivity contribution in [1.29, 1.82) is 0 Å². The van der Waals surface area contributed by atoms with Crippen molar-refractivity contribution < 1.29 is 24.3 Å². The molecule has 0 rings (SSSR count). The average Bonchev–Trinajstić information content (AvgIpc) is 2.12. The number of ether oxygens (including phenoxy) is 1. The molecule has 112 valence electrons. The van der Waals surface area contributed by atoms with E-state index in [1.165, 1.54) is 0 Å². The Balaban J connectivity index is 4.56. The zero-order valence-corrected chi connectivity index (χ0v) is 12.6. The summed E-state index contributed by atoms with van der Waals surface area (Å²) >= 11 is 0. The molecule has 0 fully saturated rings. The lowest BCUT2D eigenvalue weighted by Crippen LogP contribution is -2.44. The van der Waals surface area contributed by atoms with Crippen LogP contribution in [-0.4, -0.2) is 34.3 Å². The minimum absolute atomic E-state index is 0.111. The maximum absolute atomic E-state index is 11.9. The quantitative estimate of drug-likeness (QED) is 0.568. The van der Waals surface area contributed by atoms with Crippen molar-refractivity contribution in [3.8, 4) is 0 Å². The van der Waals surface area contributed by atoms with E-state index in [2.05, 4.69) is 5.48 Å². The second-order valence-corrected chi connectivity index (χ2v) is 6.35. The Morgan fingerprint density at radius 1 is 1.11 bits per heavy atom. The van der Waals surface area contributed by atoms with E-state index >= 15 is 0 Å². The second-order valence-electron chi connectivity index (χ2n) is 6.35. The lowest BCUT2D eigenvalue weighted by Gasteiger charge is -2.27. The van der Waals surface area contributed by atoms with Crippen molar-refractivity contribution in [2.75, 3.05) is 0 Å². The normalized spacial score (nSPS) is 14.0. The fourth-order valence-corrected chi connectivity index (χ4v) is 1.11. The Labute approximate surface area is 114 Å². The number of carbonyl (C=O) groups excluding carboxylic acids is 1. The van der Waals surface area contributed by atoms with Crippen molar-refractivity contribution in [2.45, 2.75) is 71.6 Å². The van der Waals surface area contributed by atoms with Gasteiger partial charge >= 0.3 is 11.9 Å². The molecule has 0 heterocycles. The molecule has 6 heteroatoms. The number of esters is 1. The number of aliphatic carboxylic acids is 1. The zero-order valence-electron chi connectivity index (χ0n) is 12.6. The van der Waals surface area contributed by atoms with E-state index in [4.69, 9.17) is 14.7 Å². The molecule has 0 aromatic heterocycles. The van der Waals surface area contributed by atoms with E-state index in [0.717, 1.165) is 0 Å². The van der Waals surface area contributed by atoms with Gasteiger partial charge in [-0.1, -0.05) is 0 Å². The molecule has 0 aromatic rings. The molecular weight excluding hydrogens is 250 g/mol. The summed E-state index contributed by atoms with van der Waals surface area (Å²) in [6, 6.07) is -0.797. The molecule has 2 N–H and O–H groups in total. The molecule has 0 saturated heterocycles. The largest absolute Gasteiger partial charge is 0.481 e. The van der Waals surface area contributed by atoms with Crippen molar-refractivity contribution in [2.24, 2.45) is 0 Å². The Bertz CT molecular complexity index is 314. The number of hydrogen-bond acceptors (Lipinski definition) is 5. The SMILES string of the molecule is CC(C)(C)ON[C@@H](CCC(=O)O)C(=O)OC(C)(C)C. The topological polar surface area (TPSA) is 84.9 Å². The lowest BCUT2D eigenvalue weighted by molar-refractivity contribution is -0.167. The first-order valence-electron chi connectivity index (χ1n) is 6.29. The van der Waals surface area contributed by atoms with Gasteiger partial charge in [-0.15, -0.1) is 0 Å². The number of carbonyl (C=O) groups is 2. The molecule has 0 amide bonds. The monoisotopic (exact) mass is 275 g/mol. The van der Waals surface area contributed by atoms with Gasteiger partial charge in [0.1, 0.15) is 11.6 Å². The smallest absolute Gasteiger partial charge is 0.326 e. The first kappa shape index (κ1) is 17.9. The third-order valence-corrected chi connectivity index (χ3v) is 1.85. The predicted octanol–water partition coefficient (Wildman–Crippen LogP) is 1.88. The number of rotatable bonds is 6. The van der Waals surface area contributed by atoms with Crippen molar-refractivity contribution in [3.05, 3.63) is 0 Å². The lowest BCUT2D eigenvalue weighted by atomic mass is 10.1. The van der Waals surface area contributed by atoms with E-state index in [1.54, 1.807) is 20.8 Å². The highest BCUT2D eigenvalue weighted by atomic mass is 16.7. The molecule has 0 aromatic carbocycles. The molecule has 0 bridgehead atoms. The molecule has 0 saturated carbocycles. The first-order valence-corrected chi connectivity index (χ1v) is 6.29. The van der Waals surface area contributed by atoms with Crippen LogP contribution in [0.1, 0.15) is 54.4 Å². The van der Waals surface area contributed by atoms with Crippen LogP contribution in [0.3, 0.4) is 0 Å². The summed E-state index contributed by atoms with van der Waals surface area (Å²) in [4.78, 5) is 27.8. The Hall–Kier alpha value is -1.14. The standard InChI is InChI=1S/C13H25NO5/c1-12(2,3)18-11(17)9(7-8-10(15)16)14-19-13(4,5)6/h9,14H,7-8H2,1-6H3,(H,15,16)/t9-/m0/s1. The molecule has 0 aliphatic heterocycles. The average molecular weight is 275 g/mol. The van der Waals surface area contributed by atoms with E-state index < -0.39 is 29.2 Å². The number of hydroxylamine groups is 1. The van der Waals surface area contributed by atoms with E-state index in [-0.39, 0.29) is 12.8 Å². The van der Waals surface area contributed by atoms with Crippen LogP contribution >= 0.6 is 0 Å². The van der Waals surface area contributed by atoms with Gasteiger partial charge in [-0.25, -0.2) is 0 Å². The number of hydrogen-bond donors (Lipinski definition) is 2. The predicted molar refractivity (Wildman–Crippen MR) is 70.5 cm³/mol. The molecule has 19 heavy (non-hydrogen) atoms. The summed E-state index contributed by atoms with van der Waals surface area (Å²) in [5, 5.41) is 8.68. The van der Waals surface area contributed by atoms with Gasteiger partial charge in [-0.2, -0.15) is 5.48 Å². The van der Waals surface area contributed by atoms with Crippen LogP contribution in [0.5, 0.6) is 0 Å². The number of nitrogens with one attached hydrogen (secondary N) is 1. The van der Waals surface area contributed by atoms with Crippen molar-refractivity contribution in [3.63, 3.8) is 0 Å². The Morgan fingerprint density at radius 3 is 2.00 bits per heavy atom. The molecule has 0 unspecified atom stereocenters. The molecule has 0 aliphatic rings. The van der Waals surface area contributed by atoms with Gasteiger partial charge in [0.2, 0.25) is 0 Å².